The van der Waals surface area contributed by atoms with Gasteiger partial charge in [0, 0.05) is 38.2 Å². The number of phenols is 1. The third-order valence-electron chi connectivity index (χ3n) is 4.45. The number of rotatable bonds is 6. The average molecular weight is 332 g/mol. The van der Waals surface area contributed by atoms with Gasteiger partial charge in [-0.05, 0) is 36.6 Å². The van der Waals surface area contributed by atoms with Gasteiger partial charge >= 0.3 is 0 Å². The third kappa shape index (κ3) is 4.49. The van der Waals surface area contributed by atoms with Crippen LogP contribution in [-0.2, 0) is 16.1 Å². The Morgan fingerprint density at radius 2 is 1.71 bits per heavy atom. The minimum Gasteiger partial charge on any atom is -0.508 e. The maximum Gasteiger partial charge on any atom is 0.227 e. The quantitative estimate of drug-likeness (QED) is 0.868. The van der Waals surface area contributed by atoms with Gasteiger partial charge in [0.2, 0.25) is 11.8 Å². The number of unbranched alkanes of at least 4 members (excludes halogenated alkanes) is 2. The monoisotopic (exact) mass is 332 g/mol. The molecule has 1 heterocycles. The maximum absolute atomic E-state index is 12.6. The molecule has 1 aromatic rings. The Labute approximate surface area is 144 Å². The zero-order chi connectivity index (χ0) is 17.5. The number of hydrogen-bond donors (Lipinski definition) is 1. The molecule has 1 aliphatic rings. The topological polar surface area (TPSA) is 60.9 Å². The van der Waals surface area contributed by atoms with Gasteiger partial charge in [-0.3, -0.25) is 9.59 Å². The molecule has 2 amide bonds. The number of amides is 2. The summed E-state index contributed by atoms with van der Waals surface area (Å²) in [6.45, 7) is 5.63. The van der Waals surface area contributed by atoms with Crippen LogP contribution in [0, 0.1) is 0 Å². The van der Waals surface area contributed by atoms with Gasteiger partial charge < -0.3 is 14.9 Å². The van der Waals surface area contributed by atoms with Crippen molar-refractivity contribution in [2.24, 2.45) is 0 Å². The molecule has 0 bridgehead atoms. The predicted octanol–water partition coefficient (Wildman–Crippen LogP) is 3.45. The Morgan fingerprint density at radius 3 is 2.38 bits per heavy atom. The molecule has 0 saturated carbocycles. The molecule has 24 heavy (non-hydrogen) atoms. The first-order chi connectivity index (χ1) is 11.6. The van der Waals surface area contributed by atoms with Gasteiger partial charge in [0.15, 0.2) is 0 Å². The van der Waals surface area contributed by atoms with Gasteiger partial charge in [0.05, 0.1) is 0 Å². The van der Waals surface area contributed by atoms with E-state index in [2.05, 4.69) is 13.8 Å². The molecule has 0 aliphatic carbocycles. The summed E-state index contributed by atoms with van der Waals surface area (Å²) in [7, 11) is 0. The van der Waals surface area contributed by atoms with Gasteiger partial charge in [-0.25, -0.2) is 0 Å². The molecular weight excluding hydrogens is 304 g/mol. The van der Waals surface area contributed by atoms with Gasteiger partial charge in [0.25, 0.3) is 0 Å². The van der Waals surface area contributed by atoms with Crippen molar-refractivity contribution >= 4 is 17.5 Å². The zero-order valence-electron chi connectivity index (χ0n) is 14.8. The third-order valence-corrected chi connectivity index (χ3v) is 4.45. The molecule has 0 saturated heterocycles. The number of carbonyl (C=O) groups excluding carboxylic acids is 2. The molecule has 0 unspecified atom stereocenters. The van der Waals surface area contributed by atoms with Crippen molar-refractivity contribution in [3.63, 3.8) is 0 Å². The first-order valence-electron chi connectivity index (χ1n) is 8.96. The molecule has 1 N–H and O–H groups in total. The lowest BCUT2D eigenvalue weighted by atomic mass is 10.1. The molecule has 0 aromatic heterocycles. The van der Waals surface area contributed by atoms with Gasteiger partial charge in [0.1, 0.15) is 5.75 Å². The molecule has 5 nitrogen and oxygen atoms in total. The van der Waals surface area contributed by atoms with Crippen LogP contribution in [0.15, 0.2) is 18.2 Å². The van der Waals surface area contributed by atoms with Crippen molar-refractivity contribution in [2.45, 2.75) is 58.9 Å². The van der Waals surface area contributed by atoms with Crippen LogP contribution in [0.25, 0.3) is 0 Å². The summed E-state index contributed by atoms with van der Waals surface area (Å²) < 4.78 is 0. The fourth-order valence-corrected chi connectivity index (χ4v) is 3.01. The highest BCUT2D eigenvalue weighted by atomic mass is 16.3. The fraction of sp³-hybridized carbons (Fsp3) is 0.579. The largest absolute Gasteiger partial charge is 0.508 e. The fourth-order valence-electron chi connectivity index (χ4n) is 3.01. The van der Waals surface area contributed by atoms with E-state index in [0.717, 1.165) is 36.9 Å². The maximum atomic E-state index is 12.6. The normalized spacial score (nSPS) is 14.2. The molecule has 132 valence electrons. The summed E-state index contributed by atoms with van der Waals surface area (Å²) in [5.41, 5.74) is 1.65. The number of carbonyl (C=O) groups is 2. The van der Waals surface area contributed by atoms with Crippen LogP contribution in [0.3, 0.4) is 0 Å². The van der Waals surface area contributed by atoms with Gasteiger partial charge in [-0.1, -0.05) is 26.7 Å². The highest BCUT2D eigenvalue weighted by Gasteiger charge is 2.26. The van der Waals surface area contributed by atoms with E-state index in [1.54, 1.807) is 28.0 Å². The standard InChI is InChI=1S/C19H28N2O3/c1-3-5-7-18(23)20-11-12-21(19(24)8-6-4-2)17-10-9-16(22)13-15(17)14-20/h9-10,13,22H,3-8,11-12,14H2,1-2H3. The molecule has 0 atom stereocenters. The van der Waals surface area contributed by atoms with Crippen molar-refractivity contribution < 1.29 is 14.7 Å². The number of nitrogens with zero attached hydrogens (tertiary/aromatic N) is 2. The molecule has 0 spiro atoms. The number of phenolic OH excluding ortho intramolecular Hbond substituents is 1. The molecule has 1 aromatic carbocycles. The van der Waals surface area contributed by atoms with Crippen molar-refractivity contribution in [1.82, 2.24) is 4.90 Å². The Morgan fingerprint density at radius 1 is 1.04 bits per heavy atom. The number of anilines is 1. The highest BCUT2D eigenvalue weighted by Crippen LogP contribution is 2.29. The van der Waals surface area contributed by atoms with E-state index in [4.69, 9.17) is 0 Å². The van der Waals surface area contributed by atoms with Gasteiger partial charge in [-0.2, -0.15) is 0 Å². The lowest BCUT2D eigenvalue weighted by molar-refractivity contribution is -0.132. The van der Waals surface area contributed by atoms with Crippen molar-refractivity contribution in [3.05, 3.63) is 23.8 Å². The van der Waals surface area contributed by atoms with Crippen molar-refractivity contribution in [3.8, 4) is 5.75 Å². The van der Waals surface area contributed by atoms with E-state index < -0.39 is 0 Å². The first-order valence-corrected chi connectivity index (χ1v) is 8.96. The van der Waals surface area contributed by atoms with Crippen molar-refractivity contribution in [2.75, 3.05) is 18.0 Å². The summed E-state index contributed by atoms with van der Waals surface area (Å²) in [5, 5.41) is 9.81. The van der Waals surface area contributed by atoms with E-state index in [0.29, 0.717) is 32.5 Å². The molecule has 0 fully saturated rings. The summed E-state index contributed by atoms with van der Waals surface area (Å²) in [6, 6.07) is 5.06. The molecule has 0 radical (unpaired) electrons. The average Bonchev–Trinajstić information content (AvgIpc) is 2.76. The first kappa shape index (κ1) is 18.3. The minimum absolute atomic E-state index is 0.0895. The Kier molecular flexibility index (Phi) is 6.64. The Balaban J connectivity index is 2.23. The van der Waals surface area contributed by atoms with Crippen LogP contribution in [0.5, 0.6) is 5.75 Å². The summed E-state index contributed by atoms with van der Waals surface area (Å²) in [5.74, 6) is 0.373. The number of fused-ring (bicyclic) bond motifs is 1. The minimum atomic E-state index is 0.0895. The number of hydrogen-bond acceptors (Lipinski definition) is 3. The number of benzene rings is 1. The second-order valence-electron chi connectivity index (χ2n) is 6.38. The highest BCUT2D eigenvalue weighted by molar-refractivity contribution is 5.94. The van der Waals surface area contributed by atoms with Crippen LogP contribution in [0.2, 0.25) is 0 Å². The van der Waals surface area contributed by atoms with Gasteiger partial charge in [-0.15, -0.1) is 0 Å². The molecule has 2 rings (SSSR count). The summed E-state index contributed by atoms with van der Waals surface area (Å²) >= 11 is 0. The van der Waals surface area contributed by atoms with Crippen LogP contribution >= 0.6 is 0 Å². The van der Waals surface area contributed by atoms with Crippen LogP contribution < -0.4 is 4.90 Å². The zero-order valence-corrected chi connectivity index (χ0v) is 14.8. The van der Waals surface area contributed by atoms with Crippen LogP contribution in [0.1, 0.15) is 57.9 Å². The second-order valence-corrected chi connectivity index (χ2v) is 6.38. The van der Waals surface area contributed by atoms with Crippen molar-refractivity contribution in [1.29, 1.82) is 0 Å². The Bertz CT molecular complexity index is 586. The lowest BCUT2D eigenvalue weighted by Gasteiger charge is -2.23. The molecular formula is C19H28N2O3. The molecule has 1 aliphatic heterocycles. The summed E-state index contributed by atoms with van der Waals surface area (Å²) in [4.78, 5) is 28.6. The van der Waals surface area contributed by atoms with E-state index in [1.807, 2.05) is 0 Å². The predicted molar refractivity (Wildman–Crippen MR) is 94.9 cm³/mol. The van der Waals surface area contributed by atoms with Crippen LogP contribution in [0.4, 0.5) is 5.69 Å². The Hall–Kier alpha value is -2.04. The van der Waals surface area contributed by atoms with E-state index >= 15 is 0 Å². The summed E-state index contributed by atoms with van der Waals surface area (Å²) in [6.07, 6.45) is 4.75. The van der Waals surface area contributed by atoms with E-state index in [1.165, 1.54) is 0 Å². The van der Waals surface area contributed by atoms with E-state index in [-0.39, 0.29) is 17.6 Å². The smallest absolute Gasteiger partial charge is 0.227 e. The second kappa shape index (κ2) is 8.71. The number of aromatic hydroxyl groups is 1. The lowest BCUT2D eigenvalue weighted by Crippen LogP contribution is -2.37. The molecule has 5 heteroatoms. The van der Waals surface area contributed by atoms with Crippen LogP contribution in [-0.4, -0.2) is 34.9 Å². The SMILES string of the molecule is CCCCC(=O)N1CCN(C(=O)CCCC)c2ccc(O)cc2C1. The van der Waals surface area contributed by atoms with E-state index in [9.17, 15) is 14.7 Å².